The van der Waals surface area contributed by atoms with Crippen LogP contribution in [0.25, 0.3) is 0 Å². The summed E-state index contributed by atoms with van der Waals surface area (Å²) in [6, 6.07) is 6.03. The highest BCUT2D eigenvalue weighted by Crippen LogP contribution is 2.34. The van der Waals surface area contributed by atoms with Gasteiger partial charge in [0, 0.05) is 43.1 Å². The molecule has 2 aromatic rings. The largest absolute Gasteiger partial charge is 0.487 e. The zero-order valence-corrected chi connectivity index (χ0v) is 22.3. The summed E-state index contributed by atoms with van der Waals surface area (Å²) in [5, 5.41) is 12.1. The number of sulfonamides is 1. The monoisotopic (exact) mass is 547 g/mol. The lowest BCUT2D eigenvalue weighted by Gasteiger charge is -2.37. The Hall–Kier alpha value is -3.20. The number of ether oxygens (including phenoxy) is 1. The number of urea groups is 1. The zero-order valence-electron chi connectivity index (χ0n) is 21.4. The molecular weight excluding hydrogens is 516 g/mol. The van der Waals surface area contributed by atoms with Gasteiger partial charge < -0.3 is 20.1 Å². The van der Waals surface area contributed by atoms with Gasteiger partial charge in [0.05, 0.1) is 18.8 Å². The molecule has 0 radical (unpaired) electrons. The number of aliphatic hydroxyl groups excluding tert-OH is 1. The number of anilines is 1. The van der Waals surface area contributed by atoms with Crippen molar-refractivity contribution in [3.8, 4) is 17.6 Å². The van der Waals surface area contributed by atoms with Crippen LogP contribution in [0.2, 0.25) is 0 Å². The summed E-state index contributed by atoms with van der Waals surface area (Å²) in [7, 11) is -2.53. The molecule has 2 aromatic carbocycles. The Morgan fingerprint density at radius 2 is 2.00 bits per heavy atom. The summed E-state index contributed by atoms with van der Waals surface area (Å²) in [6.45, 7) is 3.08. The van der Waals surface area contributed by atoms with E-state index in [2.05, 4.69) is 17.2 Å². The Bertz CT molecular complexity index is 1370. The van der Waals surface area contributed by atoms with Crippen LogP contribution in [0.4, 0.5) is 19.3 Å². The van der Waals surface area contributed by atoms with E-state index in [4.69, 9.17) is 4.74 Å². The first-order valence-electron chi connectivity index (χ1n) is 12.4. The molecule has 1 aliphatic carbocycles. The second-order valence-corrected chi connectivity index (χ2v) is 11.7. The molecule has 2 aliphatic rings. The summed E-state index contributed by atoms with van der Waals surface area (Å²) in [5.74, 6) is 4.78. The van der Waals surface area contributed by atoms with Crippen molar-refractivity contribution in [2.45, 2.75) is 43.7 Å². The Labute approximate surface area is 221 Å². The number of nitrogens with one attached hydrogen (secondary N) is 1. The number of nitrogens with zero attached hydrogens (tertiary/aromatic N) is 2. The smallest absolute Gasteiger partial charge is 0.321 e. The first-order valence-corrected chi connectivity index (χ1v) is 13.9. The summed E-state index contributed by atoms with van der Waals surface area (Å²) in [4.78, 5) is 14.0. The van der Waals surface area contributed by atoms with Crippen molar-refractivity contribution >= 4 is 21.7 Å². The molecule has 0 bridgehead atoms. The minimum Gasteiger partial charge on any atom is -0.487 e. The molecule has 1 heterocycles. The average molecular weight is 548 g/mol. The van der Waals surface area contributed by atoms with E-state index in [1.54, 1.807) is 26.0 Å². The van der Waals surface area contributed by atoms with Gasteiger partial charge >= 0.3 is 6.03 Å². The first-order chi connectivity index (χ1) is 18.0. The maximum absolute atomic E-state index is 14.0. The number of rotatable bonds is 5. The molecule has 38 heavy (non-hydrogen) atoms. The number of hydrogen-bond acceptors (Lipinski definition) is 5. The highest BCUT2D eigenvalue weighted by atomic mass is 32.2. The van der Waals surface area contributed by atoms with Crippen molar-refractivity contribution in [3.63, 3.8) is 0 Å². The van der Waals surface area contributed by atoms with Crippen LogP contribution in [-0.2, 0) is 10.0 Å². The number of likely N-dealkylation sites (N-methyl/N-ethyl adjacent to an activating group) is 1. The van der Waals surface area contributed by atoms with E-state index >= 15 is 0 Å². The fraction of sp³-hybridized carbons (Fsp3) is 0.444. The maximum atomic E-state index is 14.0. The standard InChI is InChI=1S/C27H31F2N3O5S/c1-17-14-32(18(2)16-33)38(35,36)26-11-8-20(7-6-19-4-5-19)12-24(26)37-25(17)15-31(3)27(34)30-23-13-21(28)9-10-22(23)29/h8-13,17-19,25,33H,4-5,14-16H2,1-3H3,(H,30,34)/t17-,18-,25+/m0/s1. The van der Waals surface area contributed by atoms with Gasteiger partial charge in [-0.05, 0) is 50.1 Å². The topological polar surface area (TPSA) is 99.2 Å². The maximum Gasteiger partial charge on any atom is 0.321 e. The van der Waals surface area contributed by atoms with Gasteiger partial charge in [-0.3, -0.25) is 0 Å². The van der Waals surface area contributed by atoms with E-state index in [0.29, 0.717) is 11.5 Å². The van der Waals surface area contributed by atoms with Gasteiger partial charge in [0.1, 0.15) is 28.4 Å². The summed E-state index contributed by atoms with van der Waals surface area (Å²) in [5.41, 5.74) is 0.305. The SMILES string of the molecule is C[C@H]1CN([C@@H](C)CO)S(=O)(=O)c2ccc(C#CC3CC3)cc2O[C@@H]1CN(C)C(=O)Nc1cc(F)ccc1F. The molecule has 0 aromatic heterocycles. The predicted molar refractivity (Wildman–Crippen MR) is 138 cm³/mol. The third kappa shape index (κ3) is 6.26. The van der Waals surface area contributed by atoms with E-state index in [0.717, 1.165) is 31.0 Å². The van der Waals surface area contributed by atoms with Crippen molar-refractivity contribution in [3.05, 3.63) is 53.6 Å². The fourth-order valence-corrected chi connectivity index (χ4v) is 5.92. The molecule has 0 saturated heterocycles. The van der Waals surface area contributed by atoms with Crippen molar-refractivity contribution in [2.24, 2.45) is 11.8 Å². The number of carbonyl (C=O) groups excluding carboxylic acids is 1. The van der Waals surface area contributed by atoms with Gasteiger partial charge in [0.2, 0.25) is 10.0 Å². The summed E-state index contributed by atoms with van der Waals surface area (Å²) < 4.78 is 62.2. The molecule has 11 heteroatoms. The van der Waals surface area contributed by atoms with Crippen molar-refractivity contribution in [1.29, 1.82) is 0 Å². The van der Waals surface area contributed by atoms with Crippen molar-refractivity contribution in [1.82, 2.24) is 9.21 Å². The Kier molecular flexibility index (Phi) is 8.25. The van der Waals surface area contributed by atoms with Crippen LogP contribution < -0.4 is 10.1 Å². The number of carbonyl (C=O) groups is 1. The highest BCUT2D eigenvalue weighted by Gasteiger charge is 2.38. The molecule has 204 valence electrons. The third-order valence-corrected chi connectivity index (χ3v) is 8.66. The van der Waals surface area contributed by atoms with E-state index < -0.39 is 45.8 Å². The Balaban J connectivity index is 1.64. The molecule has 4 rings (SSSR count). The molecule has 2 N–H and O–H groups in total. The zero-order chi connectivity index (χ0) is 27.6. The number of hydrogen-bond donors (Lipinski definition) is 2. The minimum absolute atomic E-state index is 0.0166. The summed E-state index contributed by atoms with van der Waals surface area (Å²) >= 11 is 0. The molecule has 3 atom stereocenters. The third-order valence-electron chi connectivity index (χ3n) is 6.64. The van der Waals surface area contributed by atoms with E-state index in [9.17, 15) is 27.1 Å². The van der Waals surface area contributed by atoms with Gasteiger partial charge in [0.15, 0.2) is 0 Å². The van der Waals surface area contributed by atoms with Crippen LogP contribution in [0, 0.1) is 35.3 Å². The molecule has 1 saturated carbocycles. The second kappa shape index (κ2) is 11.3. The first kappa shape index (κ1) is 27.8. The Morgan fingerprint density at radius 3 is 2.68 bits per heavy atom. The predicted octanol–water partition coefficient (Wildman–Crippen LogP) is 3.66. The van der Waals surface area contributed by atoms with Gasteiger partial charge in [0.25, 0.3) is 0 Å². The molecular formula is C27H31F2N3O5S. The van der Waals surface area contributed by atoms with Crippen LogP contribution in [0.3, 0.4) is 0 Å². The molecule has 1 fully saturated rings. The van der Waals surface area contributed by atoms with Crippen LogP contribution in [0.1, 0.15) is 32.3 Å². The minimum atomic E-state index is -4.01. The van der Waals surface area contributed by atoms with Crippen LogP contribution >= 0.6 is 0 Å². The van der Waals surface area contributed by atoms with E-state index in [1.807, 2.05) is 0 Å². The molecule has 0 spiro atoms. The quantitative estimate of drug-likeness (QED) is 0.557. The van der Waals surface area contributed by atoms with Crippen LogP contribution in [-0.4, -0.2) is 67.7 Å². The fourth-order valence-electron chi connectivity index (χ4n) is 4.09. The number of benzene rings is 2. The van der Waals surface area contributed by atoms with Crippen molar-refractivity contribution < 1.29 is 31.8 Å². The number of aliphatic hydroxyl groups is 1. The molecule has 1 aliphatic heterocycles. The molecule has 2 amide bonds. The lowest BCUT2D eigenvalue weighted by atomic mass is 10.0. The Morgan fingerprint density at radius 1 is 1.26 bits per heavy atom. The number of fused-ring (bicyclic) bond motifs is 1. The van der Waals surface area contributed by atoms with Gasteiger partial charge in [-0.15, -0.1) is 0 Å². The lowest BCUT2D eigenvalue weighted by Crippen LogP contribution is -2.50. The highest BCUT2D eigenvalue weighted by molar-refractivity contribution is 7.89. The van der Waals surface area contributed by atoms with Gasteiger partial charge in [-0.1, -0.05) is 18.8 Å². The normalized spacial score (nSPS) is 21.5. The van der Waals surface area contributed by atoms with E-state index in [-0.39, 0.29) is 36.0 Å². The lowest BCUT2D eigenvalue weighted by molar-refractivity contribution is 0.0830. The van der Waals surface area contributed by atoms with Crippen LogP contribution in [0.15, 0.2) is 41.3 Å². The number of halogens is 2. The second-order valence-electron chi connectivity index (χ2n) is 9.88. The summed E-state index contributed by atoms with van der Waals surface area (Å²) in [6.07, 6.45) is 1.42. The van der Waals surface area contributed by atoms with E-state index in [1.165, 1.54) is 22.3 Å². The molecule has 8 nitrogen and oxygen atoms in total. The average Bonchev–Trinajstić information content (AvgIpc) is 3.71. The van der Waals surface area contributed by atoms with Crippen molar-refractivity contribution in [2.75, 3.05) is 32.1 Å². The van der Waals surface area contributed by atoms with Crippen LogP contribution in [0.5, 0.6) is 5.75 Å². The molecule has 0 unspecified atom stereocenters. The van der Waals surface area contributed by atoms with Gasteiger partial charge in [-0.25, -0.2) is 22.0 Å². The van der Waals surface area contributed by atoms with Gasteiger partial charge in [-0.2, -0.15) is 4.31 Å². The number of amides is 2.